The fraction of sp³-hybridized carbons (Fsp3) is 0.286. The molecule has 150 valence electrons. The minimum atomic E-state index is -3.38. The van der Waals surface area contributed by atoms with Crippen LogP contribution in [0.5, 0.6) is 0 Å². The molecule has 0 unspecified atom stereocenters. The van der Waals surface area contributed by atoms with E-state index in [0.29, 0.717) is 5.69 Å². The van der Waals surface area contributed by atoms with E-state index in [1.165, 1.54) is 18.6 Å². The molecule has 3 aromatic rings. The SMILES string of the molecule is CS(=O)(=O)c1cccc(C(=O)Nc2cccc(-c3nnc4n3CCCCC4)c2)c1. The average Bonchev–Trinajstić information content (AvgIpc) is 2.96. The third-order valence-electron chi connectivity index (χ3n) is 5.01. The normalized spacial score (nSPS) is 14.1. The van der Waals surface area contributed by atoms with Gasteiger partial charge in [-0.05, 0) is 43.2 Å². The quantitative estimate of drug-likeness (QED) is 0.712. The van der Waals surface area contributed by atoms with E-state index in [1.54, 1.807) is 18.2 Å². The second-order valence-corrected chi connectivity index (χ2v) is 9.25. The van der Waals surface area contributed by atoms with Crippen molar-refractivity contribution >= 4 is 21.4 Å². The number of carbonyl (C=O) groups excluding carboxylic acids is 1. The van der Waals surface area contributed by atoms with Crippen molar-refractivity contribution < 1.29 is 13.2 Å². The molecule has 1 amide bonds. The monoisotopic (exact) mass is 410 g/mol. The van der Waals surface area contributed by atoms with E-state index in [1.807, 2.05) is 18.2 Å². The van der Waals surface area contributed by atoms with Gasteiger partial charge in [0.1, 0.15) is 5.82 Å². The molecule has 0 saturated carbocycles. The molecule has 0 fully saturated rings. The molecule has 4 rings (SSSR count). The third-order valence-corrected chi connectivity index (χ3v) is 6.12. The molecule has 1 aromatic heterocycles. The zero-order chi connectivity index (χ0) is 20.4. The van der Waals surface area contributed by atoms with E-state index >= 15 is 0 Å². The number of sulfone groups is 1. The number of aromatic nitrogens is 3. The van der Waals surface area contributed by atoms with Gasteiger partial charge in [-0.15, -0.1) is 10.2 Å². The van der Waals surface area contributed by atoms with Gasteiger partial charge in [-0.3, -0.25) is 4.79 Å². The summed E-state index contributed by atoms with van der Waals surface area (Å²) in [5, 5.41) is 11.5. The molecule has 7 nitrogen and oxygen atoms in total. The minimum Gasteiger partial charge on any atom is -0.322 e. The smallest absolute Gasteiger partial charge is 0.255 e. The van der Waals surface area contributed by atoms with E-state index < -0.39 is 9.84 Å². The van der Waals surface area contributed by atoms with E-state index in [0.717, 1.165) is 49.3 Å². The molecular weight excluding hydrogens is 388 g/mol. The Hall–Kier alpha value is -3.00. The number of rotatable bonds is 4. The van der Waals surface area contributed by atoms with Crippen molar-refractivity contribution in [1.82, 2.24) is 14.8 Å². The van der Waals surface area contributed by atoms with Crippen molar-refractivity contribution in [3.8, 4) is 11.4 Å². The van der Waals surface area contributed by atoms with Crippen LogP contribution in [0.1, 0.15) is 35.4 Å². The Labute approximate surface area is 169 Å². The molecule has 0 atom stereocenters. The zero-order valence-corrected chi connectivity index (χ0v) is 16.9. The highest BCUT2D eigenvalue weighted by Gasteiger charge is 2.17. The van der Waals surface area contributed by atoms with Crippen LogP contribution in [-0.2, 0) is 22.8 Å². The van der Waals surface area contributed by atoms with Crippen molar-refractivity contribution in [3.63, 3.8) is 0 Å². The summed E-state index contributed by atoms with van der Waals surface area (Å²) in [5.41, 5.74) is 1.78. The Kier molecular flexibility index (Phi) is 5.19. The van der Waals surface area contributed by atoms with Crippen molar-refractivity contribution in [1.29, 1.82) is 0 Å². The summed E-state index contributed by atoms with van der Waals surface area (Å²) >= 11 is 0. The summed E-state index contributed by atoms with van der Waals surface area (Å²) in [4.78, 5) is 12.7. The molecule has 0 radical (unpaired) electrons. The number of amides is 1. The lowest BCUT2D eigenvalue weighted by Gasteiger charge is -2.10. The van der Waals surface area contributed by atoms with Crippen LogP contribution < -0.4 is 5.32 Å². The van der Waals surface area contributed by atoms with Gasteiger partial charge in [0.25, 0.3) is 5.91 Å². The predicted octanol–water partition coefficient (Wildman–Crippen LogP) is 3.33. The van der Waals surface area contributed by atoms with Gasteiger partial charge in [-0.2, -0.15) is 0 Å². The van der Waals surface area contributed by atoms with Crippen LogP contribution in [0.2, 0.25) is 0 Å². The zero-order valence-electron chi connectivity index (χ0n) is 16.1. The maximum atomic E-state index is 12.6. The van der Waals surface area contributed by atoms with Crippen molar-refractivity contribution in [3.05, 3.63) is 59.9 Å². The highest BCUT2D eigenvalue weighted by atomic mass is 32.2. The number of nitrogens with zero attached hydrogens (tertiary/aromatic N) is 3. The molecule has 2 heterocycles. The maximum absolute atomic E-state index is 12.6. The molecule has 8 heteroatoms. The molecule has 1 aliphatic heterocycles. The van der Waals surface area contributed by atoms with E-state index in [9.17, 15) is 13.2 Å². The lowest BCUT2D eigenvalue weighted by molar-refractivity contribution is 0.102. The van der Waals surface area contributed by atoms with Crippen LogP contribution in [-0.4, -0.2) is 35.3 Å². The van der Waals surface area contributed by atoms with Crippen LogP contribution in [0.25, 0.3) is 11.4 Å². The first kappa shape index (κ1) is 19.3. The van der Waals surface area contributed by atoms with Crippen molar-refractivity contribution in [2.75, 3.05) is 11.6 Å². The van der Waals surface area contributed by atoms with Gasteiger partial charge < -0.3 is 9.88 Å². The average molecular weight is 410 g/mol. The number of hydrogen-bond acceptors (Lipinski definition) is 5. The van der Waals surface area contributed by atoms with Crippen LogP contribution in [0, 0.1) is 0 Å². The Morgan fingerprint density at radius 2 is 1.86 bits per heavy atom. The molecule has 1 N–H and O–H groups in total. The first-order valence-electron chi connectivity index (χ1n) is 9.56. The fourth-order valence-electron chi connectivity index (χ4n) is 3.51. The Morgan fingerprint density at radius 1 is 1.03 bits per heavy atom. The van der Waals surface area contributed by atoms with Crippen LogP contribution in [0.3, 0.4) is 0 Å². The second-order valence-electron chi connectivity index (χ2n) is 7.24. The predicted molar refractivity (Wildman–Crippen MR) is 111 cm³/mol. The summed E-state index contributed by atoms with van der Waals surface area (Å²) in [6, 6.07) is 13.5. The highest BCUT2D eigenvalue weighted by Crippen LogP contribution is 2.25. The number of nitrogens with one attached hydrogen (secondary N) is 1. The molecule has 0 saturated heterocycles. The minimum absolute atomic E-state index is 0.116. The second kappa shape index (κ2) is 7.79. The first-order valence-corrected chi connectivity index (χ1v) is 11.4. The molecule has 0 bridgehead atoms. The number of aryl methyl sites for hydroxylation is 1. The van der Waals surface area contributed by atoms with Gasteiger partial charge in [-0.25, -0.2) is 8.42 Å². The van der Waals surface area contributed by atoms with Gasteiger partial charge in [0.15, 0.2) is 15.7 Å². The van der Waals surface area contributed by atoms with E-state index in [4.69, 9.17) is 0 Å². The Morgan fingerprint density at radius 3 is 2.69 bits per heavy atom. The summed E-state index contributed by atoms with van der Waals surface area (Å²) in [6.07, 6.45) is 5.46. The number of benzene rings is 2. The van der Waals surface area contributed by atoms with Crippen LogP contribution in [0.4, 0.5) is 5.69 Å². The molecular formula is C21H22N4O3S. The van der Waals surface area contributed by atoms with Crippen molar-refractivity contribution in [2.45, 2.75) is 37.1 Å². The van der Waals surface area contributed by atoms with Gasteiger partial charge in [0.2, 0.25) is 0 Å². The van der Waals surface area contributed by atoms with Gasteiger partial charge in [0.05, 0.1) is 4.90 Å². The molecule has 2 aromatic carbocycles. The highest BCUT2D eigenvalue weighted by molar-refractivity contribution is 7.90. The molecule has 0 spiro atoms. The Balaban J connectivity index is 1.59. The van der Waals surface area contributed by atoms with E-state index in [2.05, 4.69) is 20.1 Å². The fourth-order valence-corrected chi connectivity index (χ4v) is 4.17. The Bertz CT molecular complexity index is 1170. The van der Waals surface area contributed by atoms with Crippen LogP contribution >= 0.6 is 0 Å². The number of carbonyl (C=O) groups is 1. The van der Waals surface area contributed by atoms with Gasteiger partial charge >= 0.3 is 0 Å². The largest absolute Gasteiger partial charge is 0.322 e. The third kappa shape index (κ3) is 4.22. The lowest BCUT2D eigenvalue weighted by atomic mass is 10.1. The summed E-state index contributed by atoms with van der Waals surface area (Å²) in [7, 11) is -3.38. The number of anilines is 1. The summed E-state index contributed by atoms with van der Waals surface area (Å²) < 4.78 is 25.6. The topological polar surface area (TPSA) is 93.9 Å². The molecule has 1 aliphatic rings. The first-order chi connectivity index (χ1) is 13.9. The van der Waals surface area contributed by atoms with Crippen LogP contribution in [0.15, 0.2) is 53.4 Å². The number of fused-ring (bicyclic) bond motifs is 1. The van der Waals surface area contributed by atoms with E-state index in [-0.39, 0.29) is 16.4 Å². The molecule has 29 heavy (non-hydrogen) atoms. The number of hydrogen-bond donors (Lipinski definition) is 1. The summed E-state index contributed by atoms with van der Waals surface area (Å²) in [6.45, 7) is 0.895. The van der Waals surface area contributed by atoms with Gasteiger partial charge in [-0.1, -0.05) is 24.6 Å². The van der Waals surface area contributed by atoms with Gasteiger partial charge in [0, 0.05) is 36.0 Å². The summed E-state index contributed by atoms with van der Waals surface area (Å²) in [5.74, 6) is 1.44. The lowest BCUT2D eigenvalue weighted by Crippen LogP contribution is -2.13. The van der Waals surface area contributed by atoms with Crippen molar-refractivity contribution in [2.24, 2.45) is 0 Å². The standard InChI is InChI=1S/C21H22N4O3S/c1-29(27,28)18-10-6-8-16(14-18)21(26)22-17-9-5-7-15(13-17)20-24-23-19-11-3-2-4-12-25(19)20/h5-10,13-14H,2-4,11-12H2,1H3,(H,22,26). The maximum Gasteiger partial charge on any atom is 0.255 e. The molecule has 0 aliphatic carbocycles.